The molecular weight excluding hydrogens is 254 g/mol. The molecule has 1 heterocycles. The summed E-state index contributed by atoms with van der Waals surface area (Å²) in [6.45, 7) is 0.215. The molecular formula is C11H13N3O3S. The first-order valence-corrected chi connectivity index (χ1v) is 7.10. The van der Waals surface area contributed by atoms with Gasteiger partial charge in [0.05, 0.1) is 6.54 Å². The van der Waals surface area contributed by atoms with Gasteiger partial charge < -0.3 is 11.1 Å². The van der Waals surface area contributed by atoms with Crippen LogP contribution in [0, 0.1) is 11.8 Å². The predicted molar refractivity (Wildman–Crippen MR) is 68.5 cm³/mol. The van der Waals surface area contributed by atoms with Crippen LogP contribution < -0.4 is 11.1 Å². The maximum Gasteiger partial charge on any atom is 0.240 e. The number of carbonyl (C=O) groups excluding carboxylic acids is 1. The lowest BCUT2D eigenvalue weighted by Crippen LogP contribution is -2.22. The van der Waals surface area contributed by atoms with Crippen LogP contribution in [0.4, 0.5) is 5.82 Å². The van der Waals surface area contributed by atoms with Crippen LogP contribution in [-0.4, -0.2) is 37.9 Å². The number of sulfone groups is 1. The van der Waals surface area contributed by atoms with Crippen LogP contribution in [0.2, 0.25) is 0 Å². The Kier molecular flexibility index (Phi) is 4.83. The molecule has 0 unspecified atom stereocenters. The van der Waals surface area contributed by atoms with Crippen LogP contribution in [0.1, 0.15) is 5.69 Å². The second kappa shape index (κ2) is 6.14. The van der Waals surface area contributed by atoms with Crippen molar-refractivity contribution < 1.29 is 13.2 Å². The van der Waals surface area contributed by atoms with Crippen LogP contribution in [0.5, 0.6) is 0 Å². The number of nitrogens with two attached hydrogens (primary N) is 1. The lowest BCUT2D eigenvalue weighted by Gasteiger charge is -2.03. The van der Waals surface area contributed by atoms with Crippen molar-refractivity contribution in [1.29, 1.82) is 0 Å². The van der Waals surface area contributed by atoms with Crippen molar-refractivity contribution in [1.82, 2.24) is 4.98 Å². The standard InChI is InChI=1S/C11H13N3O3S/c1-18(16,17)8-11(15)14-10-6-2-4-9(13-10)5-3-7-12/h2,4,6H,7-8,12H2,1H3,(H,13,14,15). The zero-order valence-corrected chi connectivity index (χ0v) is 10.6. The molecule has 7 heteroatoms. The number of anilines is 1. The Hall–Kier alpha value is -1.91. The smallest absolute Gasteiger partial charge is 0.240 e. The number of rotatable bonds is 3. The maximum atomic E-state index is 11.4. The monoisotopic (exact) mass is 267 g/mol. The van der Waals surface area contributed by atoms with Crippen molar-refractivity contribution in [3.05, 3.63) is 23.9 Å². The largest absolute Gasteiger partial charge is 0.320 e. The van der Waals surface area contributed by atoms with E-state index >= 15 is 0 Å². The van der Waals surface area contributed by atoms with Gasteiger partial charge in [0.2, 0.25) is 5.91 Å². The minimum atomic E-state index is -3.35. The van der Waals surface area contributed by atoms with Gasteiger partial charge in [0.25, 0.3) is 0 Å². The molecule has 1 aromatic rings. The van der Waals surface area contributed by atoms with Crippen molar-refractivity contribution in [2.24, 2.45) is 5.73 Å². The van der Waals surface area contributed by atoms with Gasteiger partial charge in [-0.1, -0.05) is 12.0 Å². The summed E-state index contributed by atoms with van der Waals surface area (Å²) in [5.41, 5.74) is 5.68. The van der Waals surface area contributed by atoms with Crippen LogP contribution in [0.3, 0.4) is 0 Å². The third-order valence-corrected chi connectivity index (χ3v) is 2.51. The van der Waals surface area contributed by atoms with E-state index in [9.17, 15) is 13.2 Å². The molecule has 0 radical (unpaired) electrons. The van der Waals surface area contributed by atoms with Gasteiger partial charge in [-0.05, 0) is 18.1 Å². The van der Waals surface area contributed by atoms with Crippen molar-refractivity contribution in [2.75, 3.05) is 23.9 Å². The van der Waals surface area contributed by atoms with E-state index in [1.54, 1.807) is 18.2 Å². The van der Waals surface area contributed by atoms with Crippen molar-refractivity contribution in [2.45, 2.75) is 0 Å². The highest BCUT2D eigenvalue weighted by Crippen LogP contribution is 2.04. The number of nitrogens with zero attached hydrogens (tertiary/aromatic N) is 1. The molecule has 0 spiro atoms. The SMILES string of the molecule is CS(=O)(=O)CC(=O)Nc1cccc(C#CCN)n1. The molecule has 96 valence electrons. The van der Waals surface area contributed by atoms with Gasteiger partial charge >= 0.3 is 0 Å². The minimum Gasteiger partial charge on any atom is -0.320 e. The van der Waals surface area contributed by atoms with Gasteiger partial charge in [-0.3, -0.25) is 4.79 Å². The summed E-state index contributed by atoms with van der Waals surface area (Å²) in [7, 11) is -3.35. The van der Waals surface area contributed by atoms with Gasteiger partial charge in [0.15, 0.2) is 9.84 Å². The molecule has 18 heavy (non-hydrogen) atoms. The lowest BCUT2D eigenvalue weighted by molar-refractivity contribution is -0.113. The Morgan fingerprint density at radius 3 is 2.83 bits per heavy atom. The number of pyridine rings is 1. The van der Waals surface area contributed by atoms with Crippen molar-refractivity contribution >= 4 is 21.6 Å². The third kappa shape index (κ3) is 5.43. The average Bonchev–Trinajstić information content (AvgIpc) is 2.24. The predicted octanol–water partition coefficient (Wildman–Crippen LogP) is -0.625. The number of carbonyl (C=O) groups is 1. The zero-order chi connectivity index (χ0) is 13.6. The Morgan fingerprint density at radius 1 is 1.50 bits per heavy atom. The van der Waals surface area contributed by atoms with Crippen LogP contribution in [-0.2, 0) is 14.6 Å². The summed E-state index contributed by atoms with van der Waals surface area (Å²) in [5.74, 6) is 4.39. The molecule has 0 aliphatic rings. The van der Waals surface area contributed by atoms with Gasteiger partial charge in [0.1, 0.15) is 17.3 Å². The molecule has 0 aromatic carbocycles. The Balaban J connectivity index is 2.76. The van der Waals surface area contributed by atoms with E-state index in [0.29, 0.717) is 5.69 Å². The fraction of sp³-hybridized carbons (Fsp3) is 0.273. The van der Waals surface area contributed by atoms with E-state index in [0.717, 1.165) is 6.26 Å². The highest BCUT2D eigenvalue weighted by Gasteiger charge is 2.11. The van der Waals surface area contributed by atoms with Gasteiger partial charge in [-0.15, -0.1) is 0 Å². The topological polar surface area (TPSA) is 102 Å². The molecule has 0 fully saturated rings. The van der Waals surface area contributed by atoms with Crippen LogP contribution in [0.25, 0.3) is 0 Å². The number of hydrogen-bond donors (Lipinski definition) is 2. The highest BCUT2D eigenvalue weighted by atomic mass is 32.2. The first-order chi connectivity index (χ1) is 8.40. The maximum absolute atomic E-state index is 11.4. The average molecular weight is 267 g/mol. The van der Waals surface area contributed by atoms with Gasteiger partial charge in [-0.2, -0.15) is 0 Å². The van der Waals surface area contributed by atoms with Gasteiger partial charge in [-0.25, -0.2) is 13.4 Å². The number of aromatic nitrogens is 1. The van der Waals surface area contributed by atoms with Crippen LogP contribution >= 0.6 is 0 Å². The fourth-order valence-electron chi connectivity index (χ4n) is 1.13. The molecule has 1 aromatic heterocycles. The highest BCUT2D eigenvalue weighted by molar-refractivity contribution is 7.91. The van der Waals surface area contributed by atoms with E-state index in [-0.39, 0.29) is 12.4 Å². The Morgan fingerprint density at radius 2 is 2.22 bits per heavy atom. The molecule has 0 saturated heterocycles. The fourth-order valence-corrected chi connectivity index (χ4v) is 1.68. The summed E-state index contributed by atoms with van der Waals surface area (Å²) < 4.78 is 21.8. The van der Waals surface area contributed by atoms with Crippen molar-refractivity contribution in [3.63, 3.8) is 0 Å². The summed E-state index contributed by atoms with van der Waals surface area (Å²) >= 11 is 0. The van der Waals surface area contributed by atoms with E-state index in [4.69, 9.17) is 5.73 Å². The molecule has 0 atom stereocenters. The second-order valence-electron chi connectivity index (χ2n) is 3.53. The number of amides is 1. The Labute approximate surface area is 106 Å². The Bertz CT molecular complexity index is 599. The number of hydrogen-bond acceptors (Lipinski definition) is 5. The van der Waals surface area contributed by atoms with Gasteiger partial charge in [0, 0.05) is 6.26 Å². The van der Waals surface area contributed by atoms with E-state index in [1.807, 2.05) is 0 Å². The van der Waals surface area contributed by atoms with E-state index in [2.05, 4.69) is 22.1 Å². The van der Waals surface area contributed by atoms with Crippen LogP contribution in [0.15, 0.2) is 18.2 Å². The van der Waals surface area contributed by atoms with E-state index in [1.165, 1.54) is 0 Å². The molecule has 6 nitrogen and oxygen atoms in total. The quantitative estimate of drug-likeness (QED) is 0.710. The number of nitrogens with one attached hydrogen (secondary N) is 1. The summed E-state index contributed by atoms with van der Waals surface area (Å²) in [6, 6.07) is 4.87. The van der Waals surface area contributed by atoms with Crippen molar-refractivity contribution in [3.8, 4) is 11.8 Å². The minimum absolute atomic E-state index is 0.215. The molecule has 0 aliphatic heterocycles. The summed E-state index contributed by atoms with van der Waals surface area (Å²) in [5, 5.41) is 2.39. The third-order valence-electron chi connectivity index (χ3n) is 1.73. The normalized spacial score (nSPS) is 10.3. The first-order valence-electron chi connectivity index (χ1n) is 5.04. The molecule has 0 aliphatic carbocycles. The second-order valence-corrected chi connectivity index (χ2v) is 5.67. The summed E-state index contributed by atoms with van der Waals surface area (Å²) in [4.78, 5) is 15.4. The molecule has 1 rings (SSSR count). The lowest BCUT2D eigenvalue weighted by atomic mass is 10.3. The molecule has 3 N–H and O–H groups in total. The van der Waals surface area contributed by atoms with E-state index < -0.39 is 21.5 Å². The first kappa shape index (κ1) is 14.2. The zero-order valence-electron chi connectivity index (χ0n) is 9.80. The molecule has 0 saturated carbocycles. The molecule has 1 amide bonds. The molecule has 0 bridgehead atoms. The summed E-state index contributed by atoms with van der Waals surface area (Å²) in [6.07, 6.45) is 0.989.